The van der Waals surface area contributed by atoms with Crippen LogP contribution in [0, 0.1) is 5.82 Å². The van der Waals surface area contributed by atoms with E-state index in [-0.39, 0.29) is 5.82 Å². The topological polar surface area (TPSA) is 12.0 Å². The van der Waals surface area contributed by atoms with Crippen molar-refractivity contribution in [1.29, 1.82) is 0 Å². The van der Waals surface area contributed by atoms with Crippen molar-refractivity contribution in [1.82, 2.24) is 5.32 Å². The zero-order chi connectivity index (χ0) is 13.5. The molecule has 2 aromatic carbocycles. The molecule has 0 saturated carbocycles. The van der Waals surface area contributed by atoms with Gasteiger partial charge in [-0.05, 0) is 41.9 Å². The Hall–Kier alpha value is -1.32. The lowest BCUT2D eigenvalue weighted by molar-refractivity contribution is 0.627. The number of nitrogens with one attached hydrogen (secondary N) is 1. The van der Waals surface area contributed by atoms with E-state index in [1.54, 1.807) is 11.8 Å². The fourth-order valence-corrected chi connectivity index (χ4v) is 2.57. The molecule has 0 bridgehead atoms. The third-order valence-electron chi connectivity index (χ3n) is 2.82. The average molecular weight is 275 g/mol. The molecular formula is C16H18FNS. The predicted octanol–water partition coefficient (Wildman–Crippen LogP) is 4.23. The van der Waals surface area contributed by atoms with Gasteiger partial charge >= 0.3 is 0 Å². The van der Waals surface area contributed by atoms with E-state index < -0.39 is 0 Å². The lowest BCUT2D eigenvalue weighted by atomic mass is 10.2. The molecule has 2 rings (SSSR count). The fraction of sp³-hybridized carbons (Fsp3) is 0.250. The Morgan fingerprint density at radius 3 is 2.21 bits per heavy atom. The number of benzene rings is 2. The molecule has 0 aliphatic heterocycles. The summed E-state index contributed by atoms with van der Waals surface area (Å²) in [7, 11) is 0. The van der Waals surface area contributed by atoms with Crippen molar-refractivity contribution in [3.05, 3.63) is 65.5 Å². The summed E-state index contributed by atoms with van der Waals surface area (Å²) in [6, 6.07) is 15.3. The second-order valence-electron chi connectivity index (χ2n) is 4.34. The number of hydrogen-bond acceptors (Lipinski definition) is 2. The second-order valence-corrected chi connectivity index (χ2v) is 5.39. The molecule has 0 aliphatic rings. The van der Waals surface area contributed by atoms with Gasteiger partial charge in [-0.1, -0.05) is 31.2 Å². The molecular weight excluding hydrogens is 257 g/mol. The Bertz CT molecular complexity index is 493. The third kappa shape index (κ3) is 4.69. The van der Waals surface area contributed by atoms with Gasteiger partial charge in [-0.3, -0.25) is 0 Å². The van der Waals surface area contributed by atoms with E-state index in [0.29, 0.717) is 0 Å². The van der Waals surface area contributed by atoms with Crippen molar-refractivity contribution in [2.45, 2.75) is 24.1 Å². The van der Waals surface area contributed by atoms with Crippen molar-refractivity contribution >= 4 is 11.8 Å². The van der Waals surface area contributed by atoms with E-state index in [0.717, 1.165) is 24.4 Å². The van der Waals surface area contributed by atoms with Gasteiger partial charge in [0, 0.05) is 17.2 Å². The van der Waals surface area contributed by atoms with Gasteiger partial charge < -0.3 is 5.32 Å². The summed E-state index contributed by atoms with van der Waals surface area (Å²) in [5.74, 6) is 0.689. The molecule has 1 N–H and O–H groups in total. The molecule has 0 fully saturated rings. The molecule has 0 aliphatic carbocycles. The van der Waals surface area contributed by atoms with Crippen LogP contribution in [0.3, 0.4) is 0 Å². The molecule has 0 unspecified atom stereocenters. The highest BCUT2D eigenvalue weighted by molar-refractivity contribution is 7.98. The van der Waals surface area contributed by atoms with E-state index in [1.807, 2.05) is 12.1 Å². The SMILES string of the molecule is CCNCc1ccc(SCc2ccc(F)cc2)cc1. The lowest BCUT2D eigenvalue weighted by Crippen LogP contribution is -2.11. The Morgan fingerprint density at radius 2 is 1.58 bits per heavy atom. The molecule has 0 heterocycles. The van der Waals surface area contributed by atoms with Crippen LogP contribution in [0.2, 0.25) is 0 Å². The zero-order valence-electron chi connectivity index (χ0n) is 11.0. The smallest absolute Gasteiger partial charge is 0.123 e. The maximum absolute atomic E-state index is 12.8. The molecule has 0 saturated heterocycles. The van der Waals surface area contributed by atoms with Crippen LogP contribution in [0.5, 0.6) is 0 Å². The Labute approximate surface area is 118 Å². The molecule has 2 aromatic rings. The summed E-state index contributed by atoms with van der Waals surface area (Å²) in [6.45, 7) is 4.01. The van der Waals surface area contributed by atoms with Gasteiger partial charge in [0.25, 0.3) is 0 Å². The Kier molecular flexibility index (Phi) is 5.43. The van der Waals surface area contributed by atoms with Crippen molar-refractivity contribution in [3.63, 3.8) is 0 Å². The van der Waals surface area contributed by atoms with Gasteiger partial charge in [0.05, 0.1) is 0 Å². The van der Waals surface area contributed by atoms with Crippen LogP contribution in [0.4, 0.5) is 4.39 Å². The minimum Gasteiger partial charge on any atom is -0.313 e. The van der Waals surface area contributed by atoms with E-state index in [9.17, 15) is 4.39 Å². The number of rotatable bonds is 6. The number of hydrogen-bond donors (Lipinski definition) is 1. The van der Waals surface area contributed by atoms with Gasteiger partial charge in [-0.2, -0.15) is 0 Å². The van der Waals surface area contributed by atoms with E-state index in [2.05, 4.69) is 36.5 Å². The summed E-state index contributed by atoms with van der Waals surface area (Å²) in [4.78, 5) is 1.24. The normalized spacial score (nSPS) is 10.6. The quantitative estimate of drug-likeness (QED) is 0.792. The van der Waals surface area contributed by atoms with Crippen molar-refractivity contribution in [2.75, 3.05) is 6.54 Å². The van der Waals surface area contributed by atoms with Gasteiger partial charge in [-0.15, -0.1) is 11.8 Å². The molecule has 1 nitrogen and oxygen atoms in total. The first-order valence-electron chi connectivity index (χ1n) is 6.45. The highest BCUT2D eigenvalue weighted by Gasteiger charge is 1.98. The number of thioether (sulfide) groups is 1. The van der Waals surface area contributed by atoms with E-state index in [4.69, 9.17) is 0 Å². The lowest BCUT2D eigenvalue weighted by Gasteiger charge is -2.05. The van der Waals surface area contributed by atoms with Crippen molar-refractivity contribution < 1.29 is 4.39 Å². The van der Waals surface area contributed by atoms with Gasteiger partial charge in [0.15, 0.2) is 0 Å². The van der Waals surface area contributed by atoms with Crippen LogP contribution in [0.15, 0.2) is 53.4 Å². The van der Waals surface area contributed by atoms with Gasteiger partial charge in [0.2, 0.25) is 0 Å². The monoisotopic (exact) mass is 275 g/mol. The van der Waals surface area contributed by atoms with Gasteiger partial charge in [0.1, 0.15) is 5.82 Å². The van der Waals surface area contributed by atoms with E-state index >= 15 is 0 Å². The standard InChI is InChI=1S/C16H18FNS/c1-2-18-11-13-5-9-16(10-6-13)19-12-14-3-7-15(17)8-4-14/h3-10,18H,2,11-12H2,1H3. The third-order valence-corrected chi connectivity index (χ3v) is 3.90. The van der Waals surface area contributed by atoms with Crippen molar-refractivity contribution in [2.24, 2.45) is 0 Å². The molecule has 3 heteroatoms. The molecule has 0 amide bonds. The number of halogens is 1. The Balaban J connectivity index is 1.87. The first-order chi connectivity index (χ1) is 9.28. The first-order valence-corrected chi connectivity index (χ1v) is 7.43. The highest BCUT2D eigenvalue weighted by Crippen LogP contribution is 2.23. The maximum Gasteiger partial charge on any atom is 0.123 e. The highest BCUT2D eigenvalue weighted by atomic mass is 32.2. The first kappa shape index (κ1) is 14.1. The summed E-state index contributed by atoms with van der Waals surface area (Å²) >= 11 is 1.77. The van der Waals surface area contributed by atoms with E-state index in [1.165, 1.54) is 22.6 Å². The fourth-order valence-electron chi connectivity index (χ4n) is 1.72. The molecule has 100 valence electrons. The van der Waals surface area contributed by atoms with Crippen molar-refractivity contribution in [3.8, 4) is 0 Å². The second kappa shape index (κ2) is 7.31. The molecule has 0 spiro atoms. The van der Waals surface area contributed by atoms with Crippen LogP contribution in [0.1, 0.15) is 18.1 Å². The van der Waals surface area contributed by atoms with Gasteiger partial charge in [-0.25, -0.2) is 4.39 Å². The maximum atomic E-state index is 12.8. The summed E-state index contributed by atoms with van der Waals surface area (Å²) in [5, 5.41) is 3.30. The Morgan fingerprint density at radius 1 is 0.947 bits per heavy atom. The van der Waals surface area contributed by atoms with Crippen LogP contribution in [-0.4, -0.2) is 6.54 Å². The predicted molar refractivity (Wildman–Crippen MR) is 79.8 cm³/mol. The van der Waals surface area contributed by atoms with Crippen LogP contribution in [0.25, 0.3) is 0 Å². The zero-order valence-corrected chi connectivity index (χ0v) is 11.8. The molecule has 0 radical (unpaired) electrons. The summed E-state index contributed by atoms with van der Waals surface area (Å²) in [5.41, 5.74) is 2.44. The van der Waals surface area contributed by atoms with Crippen LogP contribution < -0.4 is 5.32 Å². The largest absolute Gasteiger partial charge is 0.313 e. The minimum atomic E-state index is -0.179. The van der Waals surface area contributed by atoms with Crippen LogP contribution >= 0.6 is 11.8 Å². The summed E-state index contributed by atoms with van der Waals surface area (Å²) < 4.78 is 12.8. The average Bonchev–Trinajstić information content (AvgIpc) is 2.46. The van der Waals surface area contributed by atoms with Crippen LogP contribution in [-0.2, 0) is 12.3 Å². The molecule has 0 atom stereocenters. The minimum absolute atomic E-state index is 0.179. The molecule has 19 heavy (non-hydrogen) atoms. The molecule has 0 aromatic heterocycles. The summed E-state index contributed by atoms with van der Waals surface area (Å²) in [6.07, 6.45) is 0.